The van der Waals surface area contributed by atoms with E-state index >= 15 is 0 Å². The summed E-state index contributed by atoms with van der Waals surface area (Å²) in [4.78, 5) is 12.0. The van der Waals surface area contributed by atoms with Crippen molar-refractivity contribution in [2.45, 2.75) is 32.6 Å². The summed E-state index contributed by atoms with van der Waals surface area (Å²) in [6.07, 6.45) is 3.67. The molecule has 0 radical (unpaired) electrons. The van der Waals surface area contributed by atoms with Gasteiger partial charge in [-0.1, -0.05) is 25.1 Å². The lowest BCUT2D eigenvalue weighted by Crippen LogP contribution is -2.23. The molecule has 1 saturated heterocycles. The molecule has 0 aromatic heterocycles. The fraction of sp³-hybridized carbons (Fsp3) is 0.533. The monoisotopic (exact) mass is 247 g/mol. The van der Waals surface area contributed by atoms with Gasteiger partial charge < -0.3 is 10.1 Å². The molecule has 1 fully saturated rings. The Morgan fingerprint density at radius 2 is 2.28 bits per heavy atom. The van der Waals surface area contributed by atoms with Gasteiger partial charge in [-0.15, -0.1) is 0 Å². The maximum absolute atomic E-state index is 12.0. The Morgan fingerprint density at radius 3 is 3.00 bits per heavy atom. The van der Waals surface area contributed by atoms with Crippen LogP contribution in [0.1, 0.15) is 31.7 Å². The smallest absolute Gasteiger partial charge is 0.224 e. The lowest BCUT2D eigenvalue weighted by Gasteiger charge is -2.21. The zero-order valence-electron chi connectivity index (χ0n) is 10.9. The van der Waals surface area contributed by atoms with Gasteiger partial charge in [-0.2, -0.15) is 0 Å². The first-order valence-corrected chi connectivity index (χ1v) is 6.75. The zero-order chi connectivity index (χ0) is 12.8. The lowest BCUT2D eigenvalue weighted by atomic mass is 9.98. The van der Waals surface area contributed by atoms with Gasteiger partial charge in [-0.25, -0.2) is 0 Å². The van der Waals surface area contributed by atoms with Crippen molar-refractivity contribution in [3.05, 3.63) is 29.8 Å². The zero-order valence-corrected chi connectivity index (χ0v) is 10.9. The number of ether oxygens (including phenoxy) is 1. The molecule has 3 heteroatoms. The van der Waals surface area contributed by atoms with Gasteiger partial charge in [0.1, 0.15) is 0 Å². The average molecular weight is 247 g/mol. The molecule has 0 aliphatic carbocycles. The molecule has 18 heavy (non-hydrogen) atoms. The van der Waals surface area contributed by atoms with Crippen LogP contribution in [0.15, 0.2) is 24.3 Å². The van der Waals surface area contributed by atoms with Gasteiger partial charge in [0.25, 0.3) is 0 Å². The predicted molar refractivity (Wildman–Crippen MR) is 72.6 cm³/mol. The number of anilines is 1. The van der Waals surface area contributed by atoms with Crippen LogP contribution in [0.5, 0.6) is 0 Å². The summed E-state index contributed by atoms with van der Waals surface area (Å²) in [5.74, 6) is 0.485. The van der Waals surface area contributed by atoms with Crippen molar-refractivity contribution in [2.24, 2.45) is 5.92 Å². The SMILES string of the molecule is CCc1ccccc1NC(=O)CC1CCCOC1. The first-order valence-electron chi connectivity index (χ1n) is 6.75. The standard InChI is InChI=1S/C15H21NO2/c1-2-13-7-3-4-8-14(13)16-15(17)10-12-6-5-9-18-11-12/h3-4,7-8,12H,2,5-6,9-11H2,1H3,(H,16,17). The van der Waals surface area contributed by atoms with E-state index in [1.165, 1.54) is 5.56 Å². The van der Waals surface area contributed by atoms with Crippen molar-refractivity contribution in [3.8, 4) is 0 Å². The third-order valence-electron chi connectivity index (χ3n) is 3.40. The molecule has 1 aliphatic rings. The van der Waals surface area contributed by atoms with Crippen molar-refractivity contribution in [1.29, 1.82) is 0 Å². The van der Waals surface area contributed by atoms with Crippen molar-refractivity contribution >= 4 is 11.6 Å². The molecule has 1 aromatic rings. The molecule has 3 nitrogen and oxygen atoms in total. The van der Waals surface area contributed by atoms with E-state index in [1.54, 1.807) is 0 Å². The molecular weight excluding hydrogens is 226 g/mol. The van der Waals surface area contributed by atoms with Crippen molar-refractivity contribution in [1.82, 2.24) is 0 Å². The van der Waals surface area contributed by atoms with Crippen LogP contribution in [0.25, 0.3) is 0 Å². The molecule has 2 rings (SSSR count). The van der Waals surface area contributed by atoms with E-state index < -0.39 is 0 Å². The Bertz CT molecular complexity index is 397. The summed E-state index contributed by atoms with van der Waals surface area (Å²) >= 11 is 0. The molecule has 0 spiro atoms. The Balaban J connectivity index is 1.90. The number of nitrogens with one attached hydrogen (secondary N) is 1. The first-order chi connectivity index (χ1) is 8.79. The minimum Gasteiger partial charge on any atom is -0.381 e. The third-order valence-corrected chi connectivity index (χ3v) is 3.40. The van der Waals surface area contributed by atoms with Gasteiger partial charge in [0.2, 0.25) is 5.91 Å². The van der Waals surface area contributed by atoms with Crippen molar-refractivity contribution in [2.75, 3.05) is 18.5 Å². The minimum atomic E-state index is 0.103. The quantitative estimate of drug-likeness (QED) is 0.888. The summed E-state index contributed by atoms with van der Waals surface area (Å²) < 4.78 is 5.40. The fourth-order valence-corrected chi connectivity index (χ4v) is 2.38. The van der Waals surface area contributed by atoms with E-state index in [9.17, 15) is 4.79 Å². The van der Waals surface area contributed by atoms with E-state index in [-0.39, 0.29) is 5.91 Å². The normalized spacial score (nSPS) is 19.5. The molecule has 1 aromatic carbocycles. The maximum Gasteiger partial charge on any atom is 0.224 e. The highest BCUT2D eigenvalue weighted by atomic mass is 16.5. The Kier molecular flexibility index (Phi) is 4.76. The van der Waals surface area contributed by atoms with Crippen LogP contribution < -0.4 is 5.32 Å². The van der Waals surface area contributed by atoms with Crippen molar-refractivity contribution < 1.29 is 9.53 Å². The number of benzene rings is 1. The fourth-order valence-electron chi connectivity index (χ4n) is 2.38. The van der Waals surface area contributed by atoms with E-state index in [4.69, 9.17) is 4.74 Å². The Morgan fingerprint density at radius 1 is 1.44 bits per heavy atom. The molecule has 1 aliphatic heterocycles. The first kappa shape index (κ1) is 13.1. The van der Waals surface area contributed by atoms with Gasteiger partial charge >= 0.3 is 0 Å². The second-order valence-corrected chi connectivity index (χ2v) is 4.85. The topological polar surface area (TPSA) is 38.3 Å². The van der Waals surface area contributed by atoms with Crippen LogP contribution in [0, 0.1) is 5.92 Å². The van der Waals surface area contributed by atoms with Crippen LogP contribution in [0.2, 0.25) is 0 Å². The number of hydrogen-bond acceptors (Lipinski definition) is 2. The Hall–Kier alpha value is -1.35. The molecule has 1 heterocycles. The Labute approximate surface area is 109 Å². The number of aryl methyl sites for hydroxylation is 1. The molecule has 1 N–H and O–H groups in total. The van der Waals surface area contributed by atoms with Crippen LogP contribution in [0.3, 0.4) is 0 Å². The summed E-state index contributed by atoms with van der Waals surface area (Å²) in [5, 5.41) is 3.01. The number of amides is 1. The van der Waals surface area contributed by atoms with E-state index in [0.29, 0.717) is 12.3 Å². The summed E-state index contributed by atoms with van der Waals surface area (Å²) in [6.45, 7) is 3.67. The molecule has 98 valence electrons. The second kappa shape index (κ2) is 6.55. The molecular formula is C15H21NO2. The van der Waals surface area contributed by atoms with Gasteiger partial charge in [0, 0.05) is 25.3 Å². The van der Waals surface area contributed by atoms with Crippen LogP contribution in [-0.2, 0) is 16.0 Å². The van der Waals surface area contributed by atoms with Crippen LogP contribution in [0.4, 0.5) is 5.69 Å². The van der Waals surface area contributed by atoms with Gasteiger partial charge in [0.15, 0.2) is 0 Å². The molecule has 1 amide bonds. The number of rotatable bonds is 4. The number of para-hydroxylation sites is 1. The average Bonchev–Trinajstić information content (AvgIpc) is 2.40. The highest BCUT2D eigenvalue weighted by Crippen LogP contribution is 2.20. The van der Waals surface area contributed by atoms with Crippen LogP contribution in [-0.4, -0.2) is 19.1 Å². The molecule has 1 atom stereocenters. The number of carbonyl (C=O) groups excluding carboxylic acids is 1. The number of hydrogen-bond donors (Lipinski definition) is 1. The van der Waals surface area contributed by atoms with E-state index in [1.807, 2.05) is 18.2 Å². The maximum atomic E-state index is 12.0. The van der Waals surface area contributed by atoms with Gasteiger partial charge in [0.05, 0.1) is 0 Å². The second-order valence-electron chi connectivity index (χ2n) is 4.85. The highest BCUT2D eigenvalue weighted by molar-refractivity contribution is 5.91. The van der Waals surface area contributed by atoms with E-state index in [2.05, 4.69) is 18.3 Å². The van der Waals surface area contributed by atoms with Crippen molar-refractivity contribution in [3.63, 3.8) is 0 Å². The third kappa shape index (κ3) is 3.57. The number of carbonyl (C=O) groups is 1. The van der Waals surface area contributed by atoms with Gasteiger partial charge in [-0.05, 0) is 36.8 Å². The van der Waals surface area contributed by atoms with Crippen LogP contribution >= 0.6 is 0 Å². The summed E-state index contributed by atoms with van der Waals surface area (Å²) in [5.41, 5.74) is 2.13. The summed E-state index contributed by atoms with van der Waals surface area (Å²) in [6, 6.07) is 7.98. The molecule has 0 bridgehead atoms. The summed E-state index contributed by atoms with van der Waals surface area (Å²) in [7, 11) is 0. The lowest BCUT2D eigenvalue weighted by molar-refractivity contribution is -0.118. The van der Waals surface area contributed by atoms with Gasteiger partial charge in [-0.3, -0.25) is 4.79 Å². The highest BCUT2D eigenvalue weighted by Gasteiger charge is 2.17. The molecule has 1 unspecified atom stereocenters. The largest absolute Gasteiger partial charge is 0.381 e. The molecule has 0 saturated carbocycles. The predicted octanol–water partition coefficient (Wildman–Crippen LogP) is 3.00. The minimum absolute atomic E-state index is 0.103. The van der Waals surface area contributed by atoms with E-state index in [0.717, 1.165) is 38.2 Å².